The Morgan fingerprint density at radius 2 is 1.29 bits per heavy atom. The Hall–Kier alpha value is -3.87. The minimum atomic E-state index is -4.78. The van der Waals surface area contributed by atoms with Gasteiger partial charge in [0.25, 0.3) is 0 Å². The Bertz CT molecular complexity index is 1280. The second-order valence-electron chi connectivity index (χ2n) is 7.15. The lowest BCUT2D eigenvalue weighted by Gasteiger charge is -2.19. The van der Waals surface area contributed by atoms with Crippen molar-refractivity contribution in [1.82, 2.24) is 0 Å². The van der Waals surface area contributed by atoms with Crippen molar-refractivity contribution in [2.24, 2.45) is 0 Å². The van der Waals surface area contributed by atoms with Crippen LogP contribution in [0.2, 0.25) is 0 Å². The topological polar surface area (TPSA) is 9.23 Å². The number of rotatable bonds is 6. The quantitative estimate of drug-likeness (QED) is 0.149. The van der Waals surface area contributed by atoms with Gasteiger partial charge in [-0.15, -0.1) is 6.58 Å². The summed E-state index contributed by atoms with van der Waals surface area (Å²) in [6.07, 6.45) is -2.44. The molecule has 3 rings (SSSR count). The molecule has 0 aromatic heterocycles. The van der Waals surface area contributed by atoms with E-state index in [2.05, 4.69) is 23.2 Å². The van der Waals surface area contributed by atoms with Gasteiger partial charge in [-0.05, 0) is 42.7 Å². The van der Waals surface area contributed by atoms with E-state index in [9.17, 15) is 39.5 Å². The van der Waals surface area contributed by atoms with Crippen molar-refractivity contribution in [1.29, 1.82) is 0 Å². The Morgan fingerprint density at radius 3 is 1.80 bits per heavy atom. The normalized spacial score (nSPS) is 11.1. The van der Waals surface area contributed by atoms with Gasteiger partial charge >= 0.3 is 6.11 Å². The van der Waals surface area contributed by atoms with Gasteiger partial charge in [-0.2, -0.15) is 8.78 Å². The largest absolute Gasteiger partial charge is 0.432 e. The molecule has 0 unspecified atom stereocenters. The highest BCUT2D eigenvalue weighted by molar-refractivity contribution is 5.46. The van der Waals surface area contributed by atoms with Crippen molar-refractivity contribution in [2.75, 3.05) is 0 Å². The van der Waals surface area contributed by atoms with Gasteiger partial charge in [0, 0.05) is 17.7 Å². The number of aryl methyl sites for hydroxylation is 1. The SMILES string of the molecule is C=CCCc1cc(F)c(C#Cc2cc(F)c(C(F)(F)Oc3cc(F)c(F)c(F)c3)c(F)c2)c(F)c1. The van der Waals surface area contributed by atoms with Crippen LogP contribution >= 0.6 is 0 Å². The highest BCUT2D eigenvalue weighted by Crippen LogP contribution is 2.36. The van der Waals surface area contributed by atoms with Crippen molar-refractivity contribution < 1.29 is 44.3 Å². The number of ether oxygens (including phenoxy) is 1. The van der Waals surface area contributed by atoms with Crippen LogP contribution in [0.3, 0.4) is 0 Å². The summed E-state index contributed by atoms with van der Waals surface area (Å²) in [7, 11) is 0. The Labute approximate surface area is 193 Å². The van der Waals surface area contributed by atoms with E-state index in [1.54, 1.807) is 6.08 Å². The fourth-order valence-electron chi connectivity index (χ4n) is 3.01. The smallest absolute Gasteiger partial charge is 0.429 e. The molecule has 0 bridgehead atoms. The first-order valence-corrected chi connectivity index (χ1v) is 9.74. The third-order valence-corrected chi connectivity index (χ3v) is 4.61. The predicted octanol–water partition coefficient (Wildman–Crippen LogP) is 7.31. The van der Waals surface area contributed by atoms with Crippen LogP contribution in [0, 0.1) is 52.6 Å². The molecule has 0 atom stereocenters. The maximum Gasteiger partial charge on any atom is 0.432 e. The fourth-order valence-corrected chi connectivity index (χ4v) is 3.01. The number of benzene rings is 3. The average Bonchev–Trinajstić information content (AvgIpc) is 2.74. The first-order chi connectivity index (χ1) is 16.4. The van der Waals surface area contributed by atoms with Crippen LogP contribution in [-0.4, -0.2) is 0 Å². The van der Waals surface area contributed by atoms with E-state index in [1.165, 1.54) is 0 Å². The van der Waals surface area contributed by atoms with E-state index < -0.39 is 69.3 Å². The van der Waals surface area contributed by atoms with E-state index >= 15 is 0 Å². The number of halogens is 9. The Morgan fingerprint density at radius 1 is 0.743 bits per heavy atom. The molecule has 0 aliphatic rings. The molecule has 0 spiro atoms. The van der Waals surface area contributed by atoms with Gasteiger partial charge in [0.2, 0.25) is 0 Å². The Balaban J connectivity index is 1.91. The van der Waals surface area contributed by atoms with Gasteiger partial charge in [-0.1, -0.05) is 17.9 Å². The highest BCUT2D eigenvalue weighted by Gasteiger charge is 2.41. The summed E-state index contributed by atoms with van der Waals surface area (Å²) < 4.78 is 129. The van der Waals surface area contributed by atoms with Crippen molar-refractivity contribution in [3.8, 4) is 17.6 Å². The van der Waals surface area contributed by atoms with Crippen molar-refractivity contribution >= 4 is 0 Å². The third kappa shape index (κ3) is 5.80. The van der Waals surface area contributed by atoms with E-state index in [0.717, 1.165) is 12.1 Å². The predicted molar refractivity (Wildman–Crippen MR) is 108 cm³/mol. The molecule has 0 saturated heterocycles. The molecule has 35 heavy (non-hydrogen) atoms. The summed E-state index contributed by atoms with van der Waals surface area (Å²) >= 11 is 0. The number of hydrogen-bond acceptors (Lipinski definition) is 1. The van der Waals surface area contributed by atoms with E-state index in [-0.39, 0.29) is 12.1 Å². The summed E-state index contributed by atoms with van der Waals surface area (Å²) in [6.45, 7) is 3.50. The molecule has 1 nitrogen and oxygen atoms in total. The highest BCUT2D eigenvalue weighted by atomic mass is 19.3. The van der Waals surface area contributed by atoms with E-state index in [1.807, 2.05) is 0 Å². The summed E-state index contributed by atoms with van der Waals surface area (Å²) in [4.78, 5) is 0. The van der Waals surface area contributed by atoms with Gasteiger partial charge in [-0.3, -0.25) is 0 Å². The van der Waals surface area contributed by atoms with Gasteiger partial charge in [-0.25, -0.2) is 30.7 Å². The molecule has 3 aromatic rings. The summed E-state index contributed by atoms with van der Waals surface area (Å²) in [5.74, 6) is -8.60. The molecule has 0 aliphatic carbocycles. The van der Waals surface area contributed by atoms with Crippen LogP contribution < -0.4 is 4.74 Å². The summed E-state index contributed by atoms with van der Waals surface area (Å²) in [6, 6.07) is 2.88. The molecule has 0 N–H and O–H groups in total. The van der Waals surface area contributed by atoms with Crippen molar-refractivity contribution in [2.45, 2.75) is 19.0 Å². The monoisotopic (exact) mass is 500 g/mol. The maximum absolute atomic E-state index is 14.4. The van der Waals surface area contributed by atoms with Gasteiger partial charge < -0.3 is 4.74 Å². The molecular formula is C25H13F9O. The zero-order valence-corrected chi connectivity index (χ0v) is 17.5. The van der Waals surface area contributed by atoms with Crippen LogP contribution in [0.25, 0.3) is 0 Å². The average molecular weight is 500 g/mol. The fraction of sp³-hybridized carbons (Fsp3) is 0.120. The molecule has 0 radical (unpaired) electrons. The van der Waals surface area contributed by atoms with E-state index in [0.29, 0.717) is 30.5 Å². The zero-order chi connectivity index (χ0) is 25.9. The second-order valence-corrected chi connectivity index (χ2v) is 7.15. The second kappa shape index (κ2) is 10.2. The lowest BCUT2D eigenvalue weighted by atomic mass is 10.0. The summed E-state index contributed by atoms with van der Waals surface area (Å²) in [5, 5.41) is 0. The lowest BCUT2D eigenvalue weighted by molar-refractivity contribution is -0.189. The molecule has 0 saturated carbocycles. The lowest BCUT2D eigenvalue weighted by Crippen LogP contribution is -2.25. The van der Waals surface area contributed by atoms with Crippen LogP contribution in [0.1, 0.15) is 28.7 Å². The molecule has 182 valence electrons. The Kier molecular flexibility index (Phi) is 7.48. The first kappa shape index (κ1) is 25.7. The number of hydrogen-bond donors (Lipinski definition) is 0. The van der Waals surface area contributed by atoms with Crippen LogP contribution in [-0.2, 0) is 12.5 Å². The van der Waals surface area contributed by atoms with Crippen LogP contribution in [0.5, 0.6) is 5.75 Å². The van der Waals surface area contributed by atoms with Crippen molar-refractivity contribution in [3.63, 3.8) is 0 Å². The standard InChI is InChI=1S/C25H13F9O/c1-2-3-4-13-7-17(26)16(18(27)8-13)6-5-14-9-19(28)23(20(29)10-14)25(33,34)35-15-11-21(30)24(32)22(31)12-15/h2,7-12H,1,3-4H2. The molecule has 0 amide bonds. The zero-order valence-electron chi connectivity index (χ0n) is 17.5. The number of allylic oxidation sites excluding steroid dienone is 1. The van der Waals surface area contributed by atoms with Crippen LogP contribution in [0.4, 0.5) is 39.5 Å². The van der Waals surface area contributed by atoms with Gasteiger partial charge in [0.1, 0.15) is 34.6 Å². The maximum atomic E-state index is 14.4. The molecule has 0 aliphatic heterocycles. The minimum Gasteiger partial charge on any atom is -0.429 e. The molecular weight excluding hydrogens is 487 g/mol. The molecule has 3 aromatic carbocycles. The molecule has 0 fully saturated rings. The van der Waals surface area contributed by atoms with Gasteiger partial charge in [0.15, 0.2) is 17.5 Å². The summed E-state index contributed by atoms with van der Waals surface area (Å²) in [5.41, 5.74) is -2.86. The van der Waals surface area contributed by atoms with Crippen molar-refractivity contribution in [3.05, 3.63) is 112 Å². The minimum absolute atomic E-state index is 0.0632. The van der Waals surface area contributed by atoms with E-state index in [4.69, 9.17) is 0 Å². The molecule has 10 heteroatoms. The molecule has 0 heterocycles. The van der Waals surface area contributed by atoms with Crippen LogP contribution in [0.15, 0.2) is 49.1 Å². The third-order valence-electron chi connectivity index (χ3n) is 4.61. The van der Waals surface area contributed by atoms with Gasteiger partial charge in [0.05, 0.1) is 5.56 Å². The number of alkyl halides is 2. The first-order valence-electron chi connectivity index (χ1n) is 9.74.